The van der Waals surface area contributed by atoms with Crippen LogP contribution in [0.1, 0.15) is 94.7 Å². The molecule has 0 spiro atoms. The monoisotopic (exact) mass is 543 g/mol. The van der Waals surface area contributed by atoms with E-state index in [0.29, 0.717) is 17.7 Å². The minimum atomic E-state index is 0.116. The normalized spacial score (nSPS) is 23.9. The highest BCUT2D eigenvalue weighted by Crippen LogP contribution is 2.39. The van der Waals surface area contributed by atoms with E-state index >= 15 is 0 Å². The molecule has 2 aromatic carbocycles. The third-order valence-electron chi connectivity index (χ3n) is 8.99. The van der Waals surface area contributed by atoms with Crippen LogP contribution in [0, 0.1) is 24.7 Å². The molecule has 2 aromatic rings. The maximum Gasteiger partial charge on any atom is 0.230 e. The number of rotatable bonds is 9. The third kappa shape index (κ3) is 7.56. The van der Waals surface area contributed by atoms with E-state index in [0.717, 1.165) is 86.4 Å². The topological polar surface area (TPSA) is 67.9 Å². The predicted molar refractivity (Wildman–Crippen MR) is 168 cm³/mol. The lowest BCUT2D eigenvalue weighted by Gasteiger charge is -2.36. The van der Waals surface area contributed by atoms with Crippen LogP contribution < -0.4 is 15.4 Å². The number of benzene rings is 2. The summed E-state index contributed by atoms with van der Waals surface area (Å²) in [5.74, 6) is 3.16. The number of ether oxygens (including phenoxy) is 1. The van der Waals surface area contributed by atoms with Gasteiger partial charge in [-0.05, 0) is 125 Å². The first-order chi connectivity index (χ1) is 19.3. The zero-order valence-electron chi connectivity index (χ0n) is 25.2. The lowest BCUT2D eigenvalue weighted by molar-refractivity contribution is -0.123. The number of nitrogens with two attached hydrogens (primary N) is 1. The van der Waals surface area contributed by atoms with Crippen molar-refractivity contribution in [2.24, 2.45) is 28.5 Å². The number of nitrogens with zero attached hydrogens (tertiary/aromatic N) is 2. The van der Waals surface area contributed by atoms with E-state index in [4.69, 9.17) is 10.5 Å². The quantitative estimate of drug-likeness (QED) is 0.327. The molecule has 5 nitrogen and oxygen atoms in total. The average molecular weight is 544 g/mol. The summed E-state index contributed by atoms with van der Waals surface area (Å²) in [5.41, 5.74) is 11.5. The summed E-state index contributed by atoms with van der Waals surface area (Å²) in [6.45, 7) is 9.32. The Bertz CT molecular complexity index is 1180. The van der Waals surface area contributed by atoms with Crippen molar-refractivity contribution in [3.8, 4) is 5.75 Å². The van der Waals surface area contributed by atoms with Crippen molar-refractivity contribution in [3.05, 3.63) is 65.4 Å². The van der Waals surface area contributed by atoms with Crippen molar-refractivity contribution in [1.29, 1.82) is 0 Å². The zero-order chi connectivity index (χ0) is 28.6. The van der Waals surface area contributed by atoms with Gasteiger partial charge in [0, 0.05) is 42.2 Å². The molecule has 0 radical (unpaired) electrons. The largest absolute Gasteiger partial charge is 0.496 e. The molecule has 4 rings (SSSR count). The Labute approximate surface area is 241 Å². The summed E-state index contributed by atoms with van der Waals surface area (Å²) in [4.78, 5) is 20.7. The Morgan fingerprint density at radius 2 is 1.77 bits per heavy atom. The van der Waals surface area contributed by atoms with E-state index in [1.54, 1.807) is 13.3 Å². The Hall–Kier alpha value is -3.08. The van der Waals surface area contributed by atoms with Gasteiger partial charge in [0.05, 0.1) is 7.11 Å². The number of aliphatic imine (C=N–C) groups is 1. The van der Waals surface area contributed by atoms with Gasteiger partial charge in [0.1, 0.15) is 5.75 Å². The van der Waals surface area contributed by atoms with Crippen molar-refractivity contribution in [1.82, 2.24) is 0 Å². The molecule has 5 heteroatoms. The number of anilines is 1. The molecule has 216 valence electrons. The molecule has 1 amide bonds. The maximum absolute atomic E-state index is 14.1. The number of carbonyl (C=O) groups is 1. The standard InChI is InChI=1S/C35H49N3O2/c1-24(2)37-22-32(21-36)30-7-6-8-33(20-30)38(35(39)29-13-9-25(3)10-14-29)23-27-11-15-28(16-12-27)31-17-18-34(40-5)26(4)19-31/h6-8,17-22,24-25,27-29H,9-16,23,36H2,1-5H3. The number of hydrogen-bond donors (Lipinski definition) is 1. The fraction of sp³-hybridized carbons (Fsp3) is 0.543. The lowest BCUT2D eigenvalue weighted by atomic mass is 9.78. The van der Waals surface area contributed by atoms with Crippen LogP contribution in [0.4, 0.5) is 5.69 Å². The molecule has 2 saturated carbocycles. The van der Waals surface area contributed by atoms with Gasteiger partial charge in [-0.3, -0.25) is 9.79 Å². The number of amides is 1. The summed E-state index contributed by atoms with van der Waals surface area (Å²) in [7, 11) is 1.73. The van der Waals surface area contributed by atoms with Crippen molar-refractivity contribution < 1.29 is 9.53 Å². The maximum atomic E-state index is 14.1. The van der Waals surface area contributed by atoms with Gasteiger partial charge >= 0.3 is 0 Å². The average Bonchev–Trinajstić information content (AvgIpc) is 2.96. The molecule has 2 aliphatic rings. The van der Waals surface area contributed by atoms with Crippen molar-refractivity contribution in [3.63, 3.8) is 0 Å². The van der Waals surface area contributed by atoms with Crippen molar-refractivity contribution in [2.75, 3.05) is 18.6 Å². The fourth-order valence-corrected chi connectivity index (χ4v) is 6.44. The number of hydrogen-bond acceptors (Lipinski definition) is 4. The minimum absolute atomic E-state index is 0.116. The summed E-state index contributed by atoms with van der Waals surface area (Å²) >= 11 is 0. The molecular formula is C35H49N3O2. The Kier molecular flexibility index (Phi) is 10.5. The van der Waals surface area contributed by atoms with Crippen LogP contribution in [0.2, 0.25) is 0 Å². The number of carbonyl (C=O) groups excluding carboxylic acids is 1. The SMILES string of the molecule is COc1ccc(C2CCC(CN(C(=O)C3CCC(C)CC3)c3cccc(C(C=NC(C)C)=CN)c3)CC2)cc1C. The van der Waals surface area contributed by atoms with Crippen molar-refractivity contribution in [2.45, 2.75) is 91.0 Å². The zero-order valence-corrected chi connectivity index (χ0v) is 25.2. The number of aryl methyl sites for hydroxylation is 1. The number of allylic oxidation sites excluding steroid dienone is 1. The molecule has 0 heterocycles. The highest BCUT2D eigenvalue weighted by Gasteiger charge is 2.32. The second kappa shape index (κ2) is 14.0. The van der Waals surface area contributed by atoms with Gasteiger partial charge in [0.2, 0.25) is 5.91 Å². The summed E-state index contributed by atoms with van der Waals surface area (Å²) < 4.78 is 5.47. The molecule has 0 atom stereocenters. The van der Waals surface area contributed by atoms with Crippen molar-refractivity contribution >= 4 is 23.4 Å². The van der Waals surface area contributed by atoms with Gasteiger partial charge in [-0.25, -0.2) is 0 Å². The molecule has 0 aromatic heterocycles. The molecule has 0 aliphatic heterocycles. The van der Waals surface area contributed by atoms with Crippen LogP contribution >= 0.6 is 0 Å². The van der Waals surface area contributed by atoms with Crippen LogP contribution in [0.25, 0.3) is 5.57 Å². The van der Waals surface area contributed by atoms with Crippen LogP contribution in [0.3, 0.4) is 0 Å². The first-order valence-corrected chi connectivity index (χ1v) is 15.3. The number of methoxy groups -OCH3 is 1. The second-order valence-electron chi connectivity index (χ2n) is 12.4. The van der Waals surface area contributed by atoms with Crippen LogP contribution in [0.15, 0.2) is 53.7 Å². The van der Waals surface area contributed by atoms with Gasteiger partial charge in [-0.2, -0.15) is 0 Å². The molecule has 40 heavy (non-hydrogen) atoms. The van der Waals surface area contributed by atoms with Gasteiger partial charge in [-0.1, -0.05) is 31.2 Å². The van der Waals surface area contributed by atoms with E-state index in [2.05, 4.69) is 74.0 Å². The summed E-state index contributed by atoms with van der Waals surface area (Å²) in [5, 5.41) is 0. The van der Waals surface area contributed by atoms with Crippen LogP contribution in [-0.2, 0) is 4.79 Å². The third-order valence-corrected chi connectivity index (χ3v) is 8.99. The smallest absolute Gasteiger partial charge is 0.230 e. The van der Waals surface area contributed by atoms with E-state index < -0.39 is 0 Å². The first-order valence-electron chi connectivity index (χ1n) is 15.3. The van der Waals surface area contributed by atoms with Gasteiger partial charge in [0.15, 0.2) is 0 Å². The van der Waals surface area contributed by atoms with Gasteiger partial charge in [-0.15, -0.1) is 0 Å². The molecule has 2 aliphatic carbocycles. The lowest BCUT2D eigenvalue weighted by Crippen LogP contribution is -2.41. The Balaban J connectivity index is 1.52. The predicted octanol–water partition coefficient (Wildman–Crippen LogP) is 7.92. The van der Waals surface area contributed by atoms with E-state index in [9.17, 15) is 4.79 Å². The van der Waals surface area contributed by atoms with E-state index in [1.807, 2.05) is 12.3 Å². The Morgan fingerprint density at radius 1 is 1.05 bits per heavy atom. The molecular weight excluding hydrogens is 494 g/mol. The molecule has 2 N–H and O–H groups in total. The first kappa shape index (κ1) is 29.9. The van der Waals surface area contributed by atoms with E-state index in [1.165, 1.54) is 11.1 Å². The van der Waals surface area contributed by atoms with E-state index in [-0.39, 0.29) is 12.0 Å². The van der Waals surface area contributed by atoms with Crippen LogP contribution in [0.5, 0.6) is 5.75 Å². The van der Waals surface area contributed by atoms with Gasteiger partial charge < -0.3 is 15.4 Å². The second-order valence-corrected chi connectivity index (χ2v) is 12.4. The molecule has 0 unspecified atom stereocenters. The summed E-state index contributed by atoms with van der Waals surface area (Å²) in [6.07, 6.45) is 12.3. The van der Waals surface area contributed by atoms with Gasteiger partial charge in [0.25, 0.3) is 0 Å². The molecule has 0 bridgehead atoms. The molecule has 2 fully saturated rings. The van der Waals surface area contributed by atoms with Crippen LogP contribution in [-0.4, -0.2) is 31.8 Å². The summed E-state index contributed by atoms with van der Waals surface area (Å²) in [6, 6.07) is 15.1. The molecule has 0 saturated heterocycles. The highest BCUT2D eigenvalue weighted by molar-refractivity contribution is 6.10. The fourth-order valence-electron chi connectivity index (χ4n) is 6.44. The minimum Gasteiger partial charge on any atom is -0.496 e. The Morgan fingerprint density at radius 3 is 2.40 bits per heavy atom. The highest BCUT2D eigenvalue weighted by atomic mass is 16.5.